The van der Waals surface area contributed by atoms with Gasteiger partial charge in [-0.15, -0.1) is 12.4 Å². The summed E-state index contributed by atoms with van der Waals surface area (Å²) in [4.78, 5) is 14.3. The van der Waals surface area contributed by atoms with Crippen molar-refractivity contribution in [2.45, 2.75) is 59.5 Å². The summed E-state index contributed by atoms with van der Waals surface area (Å²) in [5.74, 6) is 0.562. The normalized spacial score (nSPS) is 27.3. The van der Waals surface area contributed by atoms with Crippen molar-refractivity contribution in [2.75, 3.05) is 13.2 Å². The van der Waals surface area contributed by atoms with E-state index in [1.165, 1.54) is 12.0 Å². The van der Waals surface area contributed by atoms with Crippen molar-refractivity contribution < 1.29 is 9.53 Å². The Kier molecular flexibility index (Phi) is 8.24. The zero-order chi connectivity index (χ0) is 16.9. The fourth-order valence-electron chi connectivity index (χ4n) is 3.81. The number of esters is 1. The van der Waals surface area contributed by atoms with Gasteiger partial charge in [-0.1, -0.05) is 44.2 Å². The maximum absolute atomic E-state index is 11.8. The van der Waals surface area contributed by atoms with Crippen LogP contribution in [0.2, 0.25) is 0 Å². The molecule has 0 unspecified atom stereocenters. The van der Waals surface area contributed by atoms with E-state index in [1.54, 1.807) is 0 Å². The molecule has 0 amide bonds. The molecule has 2 rings (SSSR count). The quantitative estimate of drug-likeness (QED) is 0.695. The number of hydrogen-bond acceptors (Lipinski definition) is 3. The first-order chi connectivity index (χ1) is 11.0. The lowest BCUT2D eigenvalue weighted by molar-refractivity contribution is -0.144. The van der Waals surface area contributed by atoms with E-state index >= 15 is 0 Å². The number of hydrogen-bond donors (Lipinski definition) is 0. The summed E-state index contributed by atoms with van der Waals surface area (Å²) in [5, 5.41) is 0. The van der Waals surface area contributed by atoms with Crippen LogP contribution in [0, 0.1) is 11.3 Å². The zero-order valence-electron chi connectivity index (χ0n) is 15.5. The summed E-state index contributed by atoms with van der Waals surface area (Å²) in [6, 6.07) is 11.1. The highest BCUT2D eigenvalue weighted by atomic mass is 35.5. The van der Waals surface area contributed by atoms with Crippen molar-refractivity contribution in [1.29, 1.82) is 0 Å². The van der Waals surface area contributed by atoms with Crippen molar-refractivity contribution >= 4 is 18.4 Å². The van der Waals surface area contributed by atoms with Crippen LogP contribution in [0.1, 0.15) is 52.5 Å². The topological polar surface area (TPSA) is 29.5 Å². The predicted molar refractivity (Wildman–Crippen MR) is 101 cm³/mol. The number of carbonyl (C=O) groups excluding carboxylic acids is 1. The van der Waals surface area contributed by atoms with Crippen LogP contribution in [0.3, 0.4) is 0 Å². The minimum Gasteiger partial charge on any atom is -0.466 e. The van der Waals surface area contributed by atoms with Gasteiger partial charge in [-0.05, 0) is 50.1 Å². The first-order valence-electron chi connectivity index (χ1n) is 8.91. The molecule has 24 heavy (non-hydrogen) atoms. The van der Waals surface area contributed by atoms with Crippen LogP contribution in [-0.4, -0.2) is 30.1 Å². The van der Waals surface area contributed by atoms with E-state index in [-0.39, 0.29) is 23.8 Å². The first-order valence-corrected chi connectivity index (χ1v) is 8.91. The van der Waals surface area contributed by atoms with Crippen LogP contribution in [0.5, 0.6) is 0 Å². The Hall–Kier alpha value is -1.06. The molecule has 1 aromatic carbocycles. The average molecular weight is 354 g/mol. The van der Waals surface area contributed by atoms with Gasteiger partial charge in [0, 0.05) is 19.0 Å². The van der Waals surface area contributed by atoms with Crippen molar-refractivity contribution in [3.63, 3.8) is 0 Å². The van der Waals surface area contributed by atoms with Crippen LogP contribution >= 0.6 is 12.4 Å². The van der Waals surface area contributed by atoms with Gasteiger partial charge < -0.3 is 4.74 Å². The highest BCUT2D eigenvalue weighted by molar-refractivity contribution is 5.85. The average Bonchev–Trinajstić information content (AvgIpc) is 2.55. The molecule has 3 nitrogen and oxygen atoms in total. The number of benzene rings is 1. The molecule has 0 spiro atoms. The molecule has 0 radical (unpaired) electrons. The number of piperidine rings is 1. The molecular weight excluding hydrogens is 322 g/mol. The molecule has 1 saturated heterocycles. The first kappa shape index (κ1) is 21.0. The van der Waals surface area contributed by atoms with Gasteiger partial charge in [0.25, 0.3) is 0 Å². The highest BCUT2D eigenvalue weighted by Gasteiger charge is 2.43. The van der Waals surface area contributed by atoms with Crippen LogP contribution in [0.4, 0.5) is 0 Å². The van der Waals surface area contributed by atoms with Crippen molar-refractivity contribution in [3.8, 4) is 0 Å². The lowest BCUT2D eigenvalue weighted by atomic mass is 9.65. The number of likely N-dealkylation sites (tertiary alicyclic amines) is 1. The van der Waals surface area contributed by atoms with E-state index < -0.39 is 0 Å². The van der Waals surface area contributed by atoms with E-state index in [0.29, 0.717) is 25.0 Å². The Morgan fingerprint density at radius 1 is 1.29 bits per heavy atom. The highest BCUT2D eigenvalue weighted by Crippen LogP contribution is 2.44. The SMILES string of the molecule is CCOC(=O)CC[C@]1(C)[C@@H](C)CCN(Cc2ccccc2)[C@@H]1C.Cl. The minimum atomic E-state index is -0.0618. The molecule has 4 heteroatoms. The Balaban J connectivity index is 0.00000288. The zero-order valence-corrected chi connectivity index (χ0v) is 16.3. The van der Waals surface area contributed by atoms with E-state index in [1.807, 2.05) is 6.92 Å². The summed E-state index contributed by atoms with van der Waals surface area (Å²) >= 11 is 0. The van der Waals surface area contributed by atoms with Gasteiger partial charge in [0.15, 0.2) is 0 Å². The summed E-state index contributed by atoms with van der Waals surface area (Å²) in [7, 11) is 0. The Morgan fingerprint density at radius 2 is 1.96 bits per heavy atom. The molecule has 1 fully saturated rings. The van der Waals surface area contributed by atoms with E-state index in [0.717, 1.165) is 19.5 Å². The van der Waals surface area contributed by atoms with Gasteiger partial charge >= 0.3 is 5.97 Å². The second-order valence-electron chi connectivity index (χ2n) is 7.13. The van der Waals surface area contributed by atoms with Crippen molar-refractivity contribution in [2.24, 2.45) is 11.3 Å². The van der Waals surface area contributed by atoms with Gasteiger partial charge in [-0.25, -0.2) is 0 Å². The molecule has 136 valence electrons. The molecule has 0 aromatic heterocycles. The predicted octanol–water partition coefficient (Wildman–Crippen LogP) is 4.69. The van der Waals surface area contributed by atoms with Crippen LogP contribution in [-0.2, 0) is 16.1 Å². The maximum atomic E-state index is 11.8. The Labute approximate surface area is 153 Å². The molecule has 1 aromatic rings. The van der Waals surface area contributed by atoms with Crippen LogP contribution in [0.25, 0.3) is 0 Å². The molecule has 1 aliphatic rings. The molecule has 1 aliphatic heterocycles. The van der Waals surface area contributed by atoms with Gasteiger partial charge in [0.05, 0.1) is 6.61 Å². The molecule has 0 N–H and O–H groups in total. The second-order valence-corrected chi connectivity index (χ2v) is 7.13. The monoisotopic (exact) mass is 353 g/mol. The maximum Gasteiger partial charge on any atom is 0.305 e. The van der Waals surface area contributed by atoms with Gasteiger partial charge in [-0.2, -0.15) is 0 Å². The number of rotatable bonds is 6. The van der Waals surface area contributed by atoms with Crippen molar-refractivity contribution in [3.05, 3.63) is 35.9 Å². The molecule has 3 atom stereocenters. The summed E-state index contributed by atoms with van der Waals surface area (Å²) in [5.41, 5.74) is 1.52. The fourth-order valence-corrected chi connectivity index (χ4v) is 3.81. The summed E-state index contributed by atoms with van der Waals surface area (Å²) in [6.45, 7) is 11.5. The third-order valence-corrected chi connectivity index (χ3v) is 5.88. The minimum absolute atomic E-state index is 0. The Bertz CT molecular complexity index is 508. The summed E-state index contributed by atoms with van der Waals surface area (Å²) in [6.07, 6.45) is 2.62. The summed E-state index contributed by atoms with van der Waals surface area (Å²) < 4.78 is 5.12. The Morgan fingerprint density at radius 3 is 2.58 bits per heavy atom. The molecule has 1 heterocycles. The van der Waals surface area contributed by atoms with E-state index in [2.05, 4.69) is 56.0 Å². The van der Waals surface area contributed by atoms with Crippen molar-refractivity contribution in [1.82, 2.24) is 4.90 Å². The molecular formula is C20H32ClNO2. The smallest absolute Gasteiger partial charge is 0.305 e. The van der Waals surface area contributed by atoms with E-state index in [9.17, 15) is 4.79 Å². The lowest BCUT2D eigenvalue weighted by Gasteiger charge is -2.51. The van der Waals surface area contributed by atoms with E-state index in [4.69, 9.17) is 4.74 Å². The number of nitrogens with zero attached hydrogens (tertiary/aromatic N) is 1. The molecule has 0 saturated carbocycles. The number of carbonyl (C=O) groups is 1. The van der Waals surface area contributed by atoms with Crippen LogP contribution < -0.4 is 0 Å². The van der Waals surface area contributed by atoms with Gasteiger partial charge in [0.2, 0.25) is 0 Å². The second kappa shape index (κ2) is 9.43. The third-order valence-electron chi connectivity index (χ3n) is 5.88. The fraction of sp³-hybridized carbons (Fsp3) is 0.650. The molecule has 0 aliphatic carbocycles. The molecule has 0 bridgehead atoms. The standard InChI is InChI=1S/C20H31NO2.ClH/c1-5-23-19(22)11-13-20(4)16(2)12-14-21(17(20)3)15-18-9-7-6-8-10-18;/h6-10,16-17H,5,11-15H2,1-4H3;1H/t16-,17+,20+;/m0./s1. The lowest BCUT2D eigenvalue weighted by Crippen LogP contribution is -2.53. The number of ether oxygens (including phenoxy) is 1. The third kappa shape index (κ3) is 4.97. The van der Waals surface area contributed by atoms with Gasteiger partial charge in [0.1, 0.15) is 0 Å². The van der Waals surface area contributed by atoms with Gasteiger partial charge in [-0.3, -0.25) is 9.69 Å². The van der Waals surface area contributed by atoms with Crippen LogP contribution in [0.15, 0.2) is 30.3 Å². The largest absolute Gasteiger partial charge is 0.466 e. The number of halogens is 1.